The number of ether oxygens (including phenoxy) is 1. The smallest absolute Gasteiger partial charge is 0.356 e. The van der Waals surface area contributed by atoms with Crippen LogP contribution in [0.4, 0.5) is 0 Å². The molecule has 0 aromatic carbocycles. The fourth-order valence-corrected chi connectivity index (χ4v) is 3.44. The quantitative estimate of drug-likeness (QED) is 0.368. The number of hydrogen-bond donors (Lipinski definition) is 3. The van der Waals surface area contributed by atoms with E-state index < -0.39 is 42.1 Å². The molecule has 0 aliphatic carbocycles. The van der Waals surface area contributed by atoms with Crippen molar-refractivity contribution in [1.29, 1.82) is 0 Å². The van der Waals surface area contributed by atoms with E-state index in [4.69, 9.17) is 17.1 Å². The lowest BCUT2D eigenvalue weighted by atomic mass is 9.91. The van der Waals surface area contributed by atoms with Crippen LogP contribution in [0.2, 0.25) is 0 Å². The molecule has 3 N–H and O–H groups in total. The molecule has 9 heteroatoms. The summed E-state index contributed by atoms with van der Waals surface area (Å²) in [6.07, 6.45) is -0.825. The molecule has 1 heterocycles. The van der Waals surface area contributed by atoms with E-state index in [2.05, 4.69) is 15.9 Å². The third-order valence-electron chi connectivity index (χ3n) is 3.56. The van der Waals surface area contributed by atoms with E-state index >= 15 is 0 Å². The van der Waals surface area contributed by atoms with Gasteiger partial charge in [-0.05, 0) is 20.3 Å². The predicted molar refractivity (Wildman–Crippen MR) is 79.0 cm³/mol. The van der Waals surface area contributed by atoms with E-state index in [0.29, 0.717) is 6.42 Å². The normalized spacial score (nSPS) is 38.1. The van der Waals surface area contributed by atoms with Gasteiger partial charge in [0, 0.05) is 12.4 Å². The van der Waals surface area contributed by atoms with Gasteiger partial charge in [-0.2, -0.15) is 0 Å². The van der Waals surface area contributed by atoms with Crippen molar-refractivity contribution in [1.82, 2.24) is 0 Å². The van der Waals surface area contributed by atoms with Crippen LogP contribution in [0.5, 0.6) is 0 Å². The Hall–Kier alpha value is 0.575. The molecule has 0 aromatic heterocycles. The van der Waals surface area contributed by atoms with Crippen molar-refractivity contribution in [3.8, 4) is 0 Å². The molecule has 1 aliphatic heterocycles. The Morgan fingerprint density at radius 3 is 2.50 bits per heavy atom. The summed E-state index contributed by atoms with van der Waals surface area (Å²) < 4.78 is 22.5. The lowest BCUT2D eigenvalue weighted by molar-refractivity contribution is -0.0372. The molecular formula is C11H21BBrO6P. The maximum absolute atomic E-state index is 11.8. The molecule has 6 nitrogen and oxygen atoms in total. The highest BCUT2D eigenvalue weighted by molar-refractivity contribution is 9.09. The van der Waals surface area contributed by atoms with Gasteiger partial charge in [-0.1, -0.05) is 22.9 Å². The Kier molecular flexibility index (Phi) is 6.31. The Balaban J connectivity index is 2.78. The van der Waals surface area contributed by atoms with Crippen LogP contribution in [0.15, 0.2) is 0 Å². The molecule has 0 bridgehead atoms. The van der Waals surface area contributed by atoms with Crippen LogP contribution in [0.3, 0.4) is 0 Å². The number of alkyl halides is 1. The zero-order chi connectivity index (χ0) is 15.7. The second kappa shape index (κ2) is 6.77. The van der Waals surface area contributed by atoms with Gasteiger partial charge >= 0.3 is 7.60 Å². The van der Waals surface area contributed by atoms with Crippen LogP contribution in [0.1, 0.15) is 33.6 Å². The lowest BCUT2D eigenvalue weighted by Gasteiger charge is -2.34. The van der Waals surface area contributed by atoms with Crippen molar-refractivity contribution in [2.45, 2.75) is 68.1 Å². The highest BCUT2D eigenvalue weighted by Gasteiger charge is 2.45. The van der Waals surface area contributed by atoms with Gasteiger partial charge in [-0.15, -0.1) is 0 Å². The molecule has 116 valence electrons. The highest BCUT2D eigenvalue weighted by atomic mass is 79.9. The van der Waals surface area contributed by atoms with Gasteiger partial charge in [0.15, 0.2) is 5.85 Å². The monoisotopic (exact) mass is 370 g/mol. The highest BCUT2D eigenvalue weighted by Crippen LogP contribution is 2.51. The van der Waals surface area contributed by atoms with Crippen LogP contribution < -0.4 is 0 Å². The number of aliphatic hydroxyl groups excluding tert-OH is 2. The lowest BCUT2D eigenvalue weighted by Crippen LogP contribution is -2.38. The first-order chi connectivity index (χ1) is 9.02. The Bertz CT molecular complexity index is 384. The molecular weight excluding hydrogens is 350 g/mol. The van der Waals surface area contributed by atoms with E-state index in [9.17, 15) is 19.7 Å². The van der Waals surface area contributed by atoms with Crippen molar-refractivity contribution in [2.75, 3.05) is 0 Å². The molecule has 20 heavy (non-hydrogen) atoms. The van der Waals surface area contributed by atoms with Crippen molar-refractivity contribution in [2.24, 2.45) is 0 Å². The number of hydrogen-bond acceptors (Lipinski definition) is 5. The van der Waals surface area contributed by atoms with Crippen LogP contribution >= 0.6 is 23.5 Å². The van der Waals surface area contributed by atoms with Crippen molar-refractivity contribution >= 4 is 31.4 Å². The van der Waals surface area contributed by atoms with Crippen LogP contribution in [0, 0.1) is 0 Å². The molecule has 1 rings (SSSR count). The molecule has 3 unspecified atom stereocenters. The Labute approximate surface area is 128 Å². The summed E-state index contributed by atoms with van der Waals surface area (Å²) in [5, 5.41) is 19.3. The minimum Gasteiger partial charge on any atom is -0.389 e. The summed E-state index contributed by atoms with van der Waals surface area (Å²) in [6, 6.07) is -0.645. The number of halogens is 1. The fourth-order valence-electron chi connectivity index (χ4n) is 1.99. The van der Waals surface area contributed by atoms with Crippen LogP contribution in [0.25, 0.3) is 0 Å². The first-order valence-electron chi connectivity index (χ1n) is 6.47. The van der Waals surface area contributed by atoms with Gasteiger partial charge in [0.05, 0.1) is 22.6 Å². The molecule has 0 spiro atoms. The van der Waals surface area contributed by atoms with E-state index in [1.165, 1.54) is 6.92 Å². The van der Waals surface area contributed by atoms with Crippen molar-refractivity contribution in [3.63, 3.8) is 0 Å². The molecule has 7 atom stereocenters. The largest absolute Gasteiger partial charge is 0.389 e. The molecule has 1 saturated heterocycles. The molecule has 1 aliphatic rings. The number of aliphatic hydroxyl groups is 2. The second-order valence-electron chi connectivity index (χ2n) is 5.37. The van der Waals surface area contributed by atoms with Gasteiger partial charge in [0.1, 0.15) is 7.85 Å². The molecule has 1 fully saturated rings. The Morgan fingerprint density at radius 1 is 1.60 bits per heavy atom. The first-order valence-corrected chi connectivity index (χ1v) is 9.03. The minimum atomic E-state index is -4.13. The van der Waals surface area contributed by atoms with Crippen LogP contribution in [-0.2, 0) is 13.8 Å². The first kappa shape index (κ1) is 18.6. The molecule has 0 aromatic rings. The topological polar surface area (TPSA) is 96.2 Å². The van der Waals surface area contributed by atoms with E-state index in [1.807, 2.05) is 0 Å². The summed E-state index contributed by atoms with van der Waals surface area (Å²) in [7, 11) is 1.55. The van der Waals surface area contributed by atoms with E-state index in [-0.39, 0.29) is 6.42 Å². The van der Waals surface area contributed by atoms with Gasteiger partial charge in [-0.3, -0.25) is 4.57 Å². The summed E-state index contributed by atoms with van der Waals surface area (Å²) in [6.45, 7) is 4.62. The average Bonchev–Trinajstić information content (AvgIpc) is 2.56. The summed E-state index contributed by atoms with van der Waals surface area (Å²) in [5.74, 6) is -1.48. The summed E-state index contributed by atoms with van der Waals surface area (Å²) >= 11 is 3.24. The molecule has 0 saturated carbocycles. The predicted octanol–water partition coefficient (Wildman–Crippen LogP) is 1.10. The third kappa shape index (κ3) is 4.29. The summed E-state index contributed by atoms with van der Waals surface area (Å²) in [5.41, 5.74) is -1.01. The zero-order valence-corrected chi connectivity index (χ0v) is 14.3. The molecule has 0 amide bonds. The number of rotatable bonds is 6. The minimum absolute atomic E-state index is 0.192. The zero-order valence-electron chi connectivity index (χ0n) is 11.8. The van der Waals surface area contributed by atoms with Gasteiger partial charge in [-0.25, -0.2) is 0 Å². The Morgan fingerprint density at radius 2 is 2.15 bits per heavy atom. The van der Waals surface area contributed by atoms with Gasteiger partial charge < -0.3 is 24.4 Å². The SMILES string of the molecule is [B][C@@H]1O[C@H](CC(C)(CC)OP(=O)(O)C(C)O)[C@@H](O)[C@H]1Br. The van der Waals surface area contributed by atoms with Gasteiger partial charge in [0.25, 0.3) is 0 Å². The maximum atomic E-state index is 11.8. The molecule has 2 radical (unpaired) electrons. The second-order valence-corrected chi connectivity index (χ2v) is 8.48. The third-order valence-corrected chi connectivity index (χ3v) is 6.27. The van der Waals surface area contributed by atoms with E-state index in [0.717, 1.165) is 0 Å². The standard InChI is InChI=1S/C11H21BBrO6P/c1-4-11(3,19-20(16,17)6(2)14)5-7-9(15)8(13)10(12)18-7/h6-10,14-15H,4-5H2,1-3H3,(H,16,17)/t6?,7-,8-,9-,10-,11?/m1/s1. The van der Waals surface area contributed by atoms with Crippen molar-refractivity contribution < 1.29 is 28.9 Å². The average molecular weight is 371 g/mol. The fraction of sp³-hybridized carbons (Fsp3) is 1.00. The maximum Gasteiger partial charge on any atom is 0.356 e. The van der Waals surface area contributed by atoms with E-state index in [1.54, 1.807) is 13.8 Å². The van der Waals surface area contributed by atoms with Crippen molar-refractivity contribution in [3.05, 3.63) is 0 Å². The van der Waals surface area contributed by atoms with Gasteiger partial charge in [0.2, 0.25) is 0 Å². The summed E-state index contributed by atoms with van der Waals surface area (Å²) in [4.78, 5) is 9.25. The van der Waals surface area contributed by atoms with Crippen LogP contribution in [-0.4, -0.2) is 57.4 Å².